The second-order valence-electron chi connectivity index (χ2n) is 6.25. The summed E-state index contributed by atoms with van der Waals surface area (Å²) in [7, 11) is 0. The van der Waals surface area contributed by atoms with Crippen molar-refractivity contribution in [2.75, 3.05) is 0 Å². The first-order valence-electron chi connectivity index (χ1n) is 8.00. The lowest BCUT2D eigenvalue weighted by atomic mass is 9.80. The molecule has 1 aromatic rings. The number of non-ortho nitro benzene ring substituents is 1. The van der Waals surface area contributed by atoms with Crippen LogP contribution >= 0.6 is 12.4 Å². The molecule has 1 aliphatic rings. The summed E-state index contributed by atoms with van der Waals surface area (Å²) in [6, 6.07) is 5.62. The second kappa shape index (κ2) is 8.68. The number of carboxylic acids is 1. The van der Waals surface area contributed by atoms with E-state index in [4.69, 9.17) is 4.74 Å². The maximum Gasteiger partial charge on any atom is 0.337 e. The molecule has 2 N–H and O–H groups in total. The van der Waals surface area contributed by atoms with Gasteiger partial charge in [-0.25, -0.2) is 9.59 Å². The fourth-order valence-electron chi connectivity index (χ4n) is 2.98. The quantitative estimate of drug-likeness (QED) is 0.445. The number of allylic oxidation sites excluding steroid dienone is 2. The molecule has 27 heavy (non-hydrogen) atoms. The highest BCUT2D eigenvalue weighted by Crippen LogP contribution is 2.39. The van der Waals surface area contributed by atoms with E-state index >= 15 is 0 Å². The molecular weight excluding hydrogens is 376 g/mol. The van der Waals surface area contributed by atoms with Crippen LogP contribution in [0.3, 0.4) is 0 Å². The number of benzene rings is 1. The molecule has 0 fully saturated rings. The molecule has 0 bridgehead atoms. The number of hydrogen-bond acceptors (Lipinski definition) is 6. The van der Waals surface area contributed by atoms with Crippen LogP contribution in [0.25, 0.3) is 0 Å². The van der Waals surface area contributed by atoms with Gasteiger partial charge in [0, 0.05) is 23.5 Å². The highest BCUT2D eigenvalue weighted by Gasteiger charge is 2.38. The van der Waals surface area contributed by atoms with Gasteiger partial charge in [0.2, 0.25) is 0 Å². The molecule has 9 heteroatoms. The first-order chi connectivity index (χ1) is 12.1. The molecule has 1 aromatic carbocycles. The Balaban J connectivity index is 0.00000364. The van der Waals surface area contributed by atoms with Crippen LogP contribution in [0.4, 0.5) is 5.69 Å². The topological polar surface area (TPSA) is 119 Å². The Labute approximate surface area is 162 Å². The molecule has 1 aliphatic heterocycles. The number of esters is 1. The summed E-state index contributed by atoms with van der Waals surface area (Å²) < 4.78 is 5.27. The van der Waals surface area contributed by atoms with E-state index in [1.54, 1.807) is 33.8 Å². The fraction of sp³-hybridized carbons (Fsp3) is 0.333. The summed E-state index contributed by atoms with van der Waals surface area (Å²) in [5, 5.41) is 23.7. The summed E-state index contributed by atoms with van der Waals surface area (Å²) >= 11 is 0. The van der Waals surface area contributed by atoms with Gasteiger partial charge in [-0.15, -0.1) is 12.4 Å². The Kier molecular flexibility index (Phi) is 7.13. The number of nitro benzene ring substituents is 1. The maximum atomic E-state index is 12.6. The molecule has 0 aromatic heterocycles. The minimum Gasteiger partial charge on any atom is -0.478 e. The molecule has 0 amide bonds. The number of dihydropyridines is 1. The molecule has 0 saturated heterocycles. The molecule has 0 radical (unpaired) electrons. The van der Waals surface area contributed by atoms with Gasteiger partial charge in [0.25, 0.3) is 5.69 Å². The lowest BCUT2D eigenvalue weighted by molar-refractivity contribution is -0.384. The number of nitrogens with zero attached hydrogens (tertiary/aromatic N) is 1. The molecule has 1 heterocycles. The van der Waals surface area contributed by atoms with Crippen LogP contribution in [0, 0.1) is 10.1 Å². The highest BCUT2D eigenvalue weighted by atomic mass is 35.5. The third kappa shape index (κ3) is 4.65. The summed E-state index contributed by atoms with van der Waals surface area (Å²) in [5.74, 6) is -2.85. The van der Waals surface area contributed by atoms with Gasteiger partial charge < -0.3 is 15.2 Å². The van der Waals surface area contributed by atoms with Crippen LogP contribution in [0.15, 0.2) is 46.8 Å². The van der Waals surface area contributed by atoms with E-state index in [0.29, 0.717) is 17.0 Å². The number of nitro groups is 1. The first kappa shape index (κ1) is 22.2. The SMILES string of the molecule is CC1=C(C(=O)O)C(c2cccc([N+](=O)[O-])c2)C(C(=O)OC(C)C)=C(C)N1.Cl. The van der Waals surface area contributed by atoms with Crippen molar-refractivity contribution in [1.29, 1.82) is 0 Å². The number of carboxylic acid groups (broad SMARTS) is 1. The summed E-state index contributed by atoms with van der Waals surface area (Å²) in [6.45, 7) is 6.60. The maximum absolute atomic E-state index is 12.6. The molecule has 0 spiro atoms. The van der Waals surface area contributed by atoms with E-state index in [0.717, 1.165) is 0 Å². The minimum atomic E-state index is -1.21. The molecule has 1 atom stereocenters. The average molecular weight is 397 g/mol. The summed E-state index contributed by atoms with van der Waals surface area (Å²) in [5.41, 5.74) is 1.06. The van der Waals surface area contributed by atoms with Gasteiger partial charge in [0.15, 0.2) is 0 Å². The normalized spacial score (nSPS) is 16.6. The zero-order valence-corrected chi connectivity index (χ0v) is 16.1. The molecule has 146 valence electrons. The van der Waals surface area contributed by atoms with Crippen molar-refractivity contribution < 1.29 is 24.4 Å². The number of aliphatic carboxylic acids is 1. The largest absolute Gasteiger partial charge is 0.478 e. The number of carbonyl (C=O) groups is 2. The van der Waals surface area contributed by atoms with Crippen LogP contribution in [0.5, 0.6) is 0 Å². The van der Waals surface area contributed by atoms with Crippen molar-refractivity contribution >= 4 is 30.0 Å². The predicted molar refractivity (Wildman–Crippen MR) is 100 cm³/mol. The van der Waals surface area contributed by atoms with E-state index in [1.807, 2.05) is 0 Å². The van der Waals surface area contributed by atoms with Gasteiger partial charge in [-0.1, -0.05) is 12.1 Å². The lowest BCUT2D eigenvalue weighted by Gasteiger charge is -2.30. The number of nitrogens with one attached hydrogen (secondary N) is 1. The van der Waals surface area contributed by atoms with E-state index < -0.39 is 28.9 Å². The Hall–Kier alpha value is -2.87. The summed E-state index contributed by atoms with van der Waals surface area (Å²) in [6.07, 6.45) is -0.395. The fourth-order valence-corrected chi connectivity index (χ4v) is 2.98. The van der Waals surface area contributed by atoms with Gasteiger partial charge in [0.05, 0.1) is 28.1 Å². The molecule has 8 nitrogen and oxygen atoms in total. The zero-order valence-electron chi connectivity index (χ0n) is 15.3. The number of carbonyl (C=O) groups excluding carboxylic acids is 1. The van der Waals surface area contributed by atoms with Crippen molar-refractivity contribution in [2.45, 2.75) is 39.7 Å². The van der Waals surface area contributed by atoms with Gasteiger partial charge in [-0.2, -0.15) is 0 Å². The molecule has 2 rings (SSSR count). The lowest BCUT2D eigenvalue weighted by Crippen LogP contribution is -2.32. The standard InChI is InChI=1S/C18H20N2O6.ClH/c1-9(2)26-18(23)15-11(4)19-10(3)14(17(21)22)16(15)12-6-5-7-13(8-12)20(24)25;/h5-9,16,19H,1-4H3,(H,21,22);1H. The van der Waals surface area contributed by atoms with Gasteiger partial charge in [0.1, 0.15) is 0 Å². The van der Waals surface area contributed by atoms with Crippen LogP contribution < -0.4 is 5.32 Å². The van der Waals surface area contributed by atoms with E-state index in [2.05, 4.69) is 5.32 Å². The Morgan fingerprint density at radius 2 is 1.81 bits per heavy atom. The van der Waals surface area contributed by atoms with Gasteiger partial charge in [-0.05, 0) is 33.3 Å². The average Bonchev–Trinajstić information content (AvgIpc) is 2.52. The molecule has 0 aliphatic carbocycles. The number of halogens is 1. The number of ether oxygens (including phenoxy) is 1. The highest BCUT2D eigenvalue weighted by molar-refractivity contribution is 5.99. The number of rotatable bonds is 5. The van der Waals surface area contributed by atoms with E-state index in [9.17, 15) is 24.8 Å². The third-order valence-corrected chi connectivity index (χ3v) is 3.97. The van der Waals surface area contributed by atoms with Crippen molar-refractivity contribution in [2.24, 2.45) is 0 Å². The van der Waals surface area contributed by atoms with Crippen molar-refractivity contribution in [1.82, 2.24) is 5.32 Å². The van der Waals surface area contributed by atoms with E-state index in [-0.39, 0.29) is 29.2 Å². The third-order valence-electron chi connectivity index (χ3n) is 3.97. The van der Waals surface area contributed by atoms with Crippen molar-refractivity contribution in [3.8, 4) is 0 Å². The van der Waals surface area contributed by atoms with Gasteiger partial charge in [-0.3, -0.25) is 10.1 Å². The molecule has 1 unspecified atom stereocenters. The Morgan fingerprint density at radius 1 is 1.22 bits per heavy atom. The van der Waals surface area contributed by atoms with E-state index in [1.165, 1.54) is 18.2 Å². The Bertz CT molecular complexity index is 844. The van der Waals surface area contributed by atoms with Crippen LogP contribution in [0.2, 0.25) is 0 Å². The predicted octanol–water partition coefficient (Wildman–Crippen LogP) is 3.29. The van der Waals surface area contributed by atoms with Crippen molar-refractivity contribution in [3.63, 3.8) is 0 Å². The molecule has 0 saturated carbocycles. The Morgan fingerprint density at radius 3 is 2.33 bits per heavy atom. The first-order valence-corrected chi connectivity index (χ1v) is 8.00. The van der Waals surface area contributed by atoms with Crippen molar-refractivity contribution in [3.05, 3.63) is 62.5 Å². The zero-order chi connectivity index (χ0) is 19.6. The molecular formula is C18H21ClN2O6. The van der Waals surface area contributed by atoms with Crippen LogP contribution in [0.1, 0.15) is 39.2 Å². The van der Waals surface area contributed by atoms with Crippen LogP contribution in [-0.2, 0) is 14.3 Å². The minimum absolute atomic E-state index is 0. The van der Waals surface area contributed by atoms with Crippen LogP contribution in [-0.4, -0.2) is 28.1 Å². The smallest absolute Gasteiger partial charge is 0.337 e. The number of hydrogen-bond donors (Lipinski definition) is 2. The monoisotopic (exact) mass is 396 g/mol. The summed E-state index contributed by atoms with van der Waals surface area (Å²) in [4.78, 5) is 35.0. The second-order valence-corrected chi connectivity index (χ2v) is 6.25. The van der Waals surface area contributed by atoms with Gasteiger partial charge >= 0.3 is 11.9 Å².